The van der Waals surface area contributed by atoms with Gasteiger partial charge in [0.25, 0.3) is 0 Å². The standard InChI is InChI=1S/C17H36N4O.HI/c1-6-16(7-2)12-20-17(18-8-3)19-11-14(4)21-9-10-22-13-15(21)5;/h14-16H,6-13H2,1-5H3,(H2,18,19,20);1H. The number of halogens is 1. The van der Waals surface area contributed by atoms with E-state index in [4.69, 9.17) is 9.73 Å². The molecule has 0 spiro atoms. The molecule has 1 rings (SSSR count). The molecule has 1 aliphatic heterocycles. The van der Waals surface area contributed by atoms with Crippen LogP contribution in [0, 0.1) is 5.92 Å². The van der Waals surface area contributed by atoms with Gasteiger partial charge in [-0.1, -0.05) is 26.7 Å². The molecule has 5 nitrogen and oxygen atoms in total. The van der Waals surface area contributed by atoms with Gasteiger partial charge >= 0.3 is 0 Å². The van der Waals surface area contributed by atoms with Crippen molar-refractivity contribution in [3.8, 4) is 0 Å². The molecule has 0 aliphatic carbocycles. The molecular weight excluding hydrogens is 403 g/mol. The predicted octanol–water partition coefficient (Wildman–Crippen LogP) is 2.70. The zero-order valence-electron chi connectivity index (χ0n) is 15.6. The van der Waals surface area contributed by atoms with Crippen LogP contribution in [0.3, 0.4) is 0 Å². The Labute approximate surface area is 160 Å². The van der Waals surface area contributed by atoms with Crippen molar-refractivity contribution in [2.24, 2.45) is 10.9 Å². The largest absolute Gasteiger partial charge is 0.379 e. The van der Waals surface area contributed by atoms with Gasteiger partial charge in [0.15, 0.2) is 5.96 Å². The fourth-order valence-electron chi connectivity index (χ4n) is 2.87. The number of nitrogens with zero attached hydrogens (tertiary/aromatic N) is 2. The van der Waals surface area contributed by atoms with Crippen LogP contribution in [0.1, 0.15) is 47.5 Å². The smallest absolute Gasteiger partial charge is 0.191 e. The maximum atomic E-state index is 5.52. The summed E-state index contributed by atoms with van der Waals surface area (Å²) >= 11 is 0. The monoisotopic (exact) mass is 440 g/mol. The van der Waals surface area contributed by atoms with Crippen molar-refractivity contribution in [3.63, 3.8) is 0 Å². The van der Waals surface area contributed by atoms with Crippen LogP contribution < -0.4 is 10.6 Å². The Morgan fingerprint density at radius 1 is 1.26 bits per heavy atom. The molecule has 1 fully saturated rings. The van der Waals surface area contributed by atoms with Crippen LogP contribution in [-0.2, 0) is 4.74 Å². The number of rotatable bonds is 8. The number of ether oxygens (including phenoxy) is 1. The fourth-order valence-corrected chi connectivity index (χ4v) is 2.87. The molecule has 0 amide bonds. The zero-order chi connectivity index (χ0) is 16.4. The van der Waals surface area contributed by atoms with E-state index in [-0.39, 0.29) is 24.0 Å². The van der Waals surface area contributed by atoms with E-state index in [1.807, 2.05) is 0 Å². The third kappa shape index (κ3) is 8.54. The van der Waals surface area contributed by atoms with Gasteiger partial charge in [0.1, 0.15) is 0 Å². The first-order valence-electron chi connectivity index (χ1n) is 8.97. The van der Waals surface area contributed by atoms with Gasteiger partial charge in [-0.25, -0.2) is 0 Å². The normalized spacial score (nSPS) is 21.0. The lowest BCUT2D eigenvalue weighted by Gasteiger charge is -2.38. The van der Waals surface area contributed by atoms with Gasteiger partial charge in [-0.05, 0) is 26.7 Å². The fraction of sp³-hybridized carbons (Fsp3) is 0.941. The maximum Gasteiger partial charge on any atom is 0.191 e. The molecule has 0 aromatic rings. The number of nitrogens with one attached hydrogen (secondary N) is 2. The summed E-state index contributed by atoms with van der Waals surface area (Å²) in [7, 11) is 0. The maximum absolute atomic E-state index is 5.52. The van der Waals surface area contributed by atoms with Crippen LogP contribution in [0.2, 0.25) is 0 Å². The van der Waals surface area contributed by atoms with Gasteiger partial charge < -0.3 is 15.4 Å². The van der Waals surface area contributed by atoms with Gasteiger partial charge in [-0.15, -0.1) is 24.0 Å². The summed E-state index contributed by atoms with van der Waals surface area (Å²) in [6, 6.07) is 0.977. The van der Waals surface area contributed by atoms with E-state index in [1.54, 1.807) is 0 Å². The van der Waals surface area contributed by atoms with E-state index >= 15 is 0 Å². The zero-order valence-corrected chi connectivity index (χ0v) is 17.9. The molecular formula is C17H37IN4O. The Morgan fingerprint density at radius 3 is 2.52 bits per heavy atom. The molecule has 0 aromatic heterocycles. The Morgan fingerprint density at radius 2 is 1.96 bits per heavy atom. The summed E-state index contributed by atoms with van der Waals surface area (Å²) in [6.07, 6.45) is 2.39. The summed E-state index contributed by atoms with van der Waals surface area (Å²) in [5, 5.41) is 6.85. The first kappa shape index (κ1) is 22.9. The molecule has 1 saturated heterocycles. The highest BCUT2D eigenvalue weighted by Crippen LogP contribution is 2.10. The first-order valence-corrected chi connectivity index (χ1v) is 8.97. The second-order valence-corrected chi connectivity index (χ2v) is 6.29. The number of guanidine groups is 1. The second-order valence-electron chi connectivity index (χ2n) is 6.29. The predicted molar refractivity (Wildman–Crippen MR) is 110 cm³/mol. The van der Waals surface area contributed by atoms with Crippen molar-refractivity contribution in [1.29, 1.82) is 0 Å². The SMILES string of the molecule is CCNC(=NCC(CC)CC)NCC(C)N1CCOCC1C.I. The lowest BCUT2D eigenvalue weighted by molar-refractivity contribution is -0.0174. The third-order valence-corrected chi connectivity index (χ3v) is 4.56. The van der Waals surface area contributed by atoms with Crippen molar-refractivity contribution in [1.82, 2.24) is 15.5 Å². The minimum atomic E-state index is 0. The average molecular weight is 440 g/mol. The second kappa shape index (κ2) is 13.2. The molecule has 2 N–H and O–H groups in total. The van der Waals surface area contributed by atoms with Gasteiger partial charge in [-0.3, -0.25) is 9.89 Å². The molecule has 2 atom stereocenters. The Hall–Kier alpha value is -0.0800. The highest BCUT2D eigenvalue weighted by atomic mass is 127. The van der Waals surface area contributed by atoms with Crippen LogP contribution in [0.15, 0.2) is 4.99 Å². The van der Waals surface area contributed by atoms with Crippen molar-refractivity contribution < 1.29 is 4.74 Å². The summed E-state index contributed by atoms with van der Waals surface area (Å²) < 4.78 is 5.52. The lowest BCUT2D eigenvalue weighted by Crippen LogP contribution is -2.53. The number of aliphatic imine (C=N–C) groups is 1. The van der Waals surface area contributed by atoms with E-state index in [9.17, 15) is 0 Å². The topological polar surface area (TPSA) is 48.9 Å². The van der Waals surface area contributed by atoms with E-state index in [2.05, 4.69) is 50.2 Å². The van der Waals surface area contributed by atoms with E-state index in [0.29, 0.717) is 18.0 Å². The molecule has 0 bridgehead atoms. The summed E-state index contributed by atoms with van der Waals surface area (Å²) in [5.41, 5.74) is 0. The van der Waals surface area contributed by atoms with Crippen molar-refractivity contribution >= 4 is 29.9 Å². The Kier molecular flexibility index (Phi) is 13.2. The number of morpholine rings is 1. The molecule has 138 valence electrons. The summed E-state index contributed by atoms with van der Waals surface area (Å²) in [6.45, 7) is 16.5. The molecule has 6 heteroatoms. The van der Waals surface area contributed by atoms with Crippen LogP contribution in [0.25, 0.3) is 0 Å². The molecule has 2 unspecified atom stereocenters. The van der Waals surface area contributed by atoms with E-state index < -0.39 is 0 Å². The van der Waals surface area contributed by atoms with Gasteiger partial charge in [-0.2, -0.15) is 0 Å². The number of hydrogen-bond acceptors (Lipinski definition) is 3. The van der Waals surface area contributed by atoms with Crippen molar-refractivity contribution in [2.45, 2.75) is 59.5 Å². The molecule has 1 aliphatic rings. The highest BCUT2D eigenvalue weighted by molar-refractivity contribution is 14.0. The van der Waals surface area contributed by atoms with E-state index in [1.165, 1.54) is 12.8 Å². The van der Waals surface area contributed by atoms with Crippen LogP contribution >= 0.6 is 24.0 Å². The Balaban J connectivity index is 0.00000484. The minimum Gasteiger partial charge on any atom is -0.379 e. The number of hydrogen-bond donors (Lipinski definition) is 2. The van der Waals surface area contributed by atoms with Crippen LogP contribution in [0.5, 0.6) is 0 Å². The molecule has 0 radical (unpaired) electrons. The van der Waals surface area contributed by atoms with Crippen molar-refractivity contribution in [3.05, 3.63) is 0 Å². The van der Waals surface area contributed by atoms with Gasteiger partial charge in [0, 0.05) is 38.3 Å². The first-order chi connectivity index (χ1) is 10.6. The highest BCUT2D eigenvalue weighted by Gasteiger charge is 2.23. The molecule has 0 saturated carbocycles. The summed E-state index contributed by atoms with van der Waals surface area (Å²) in [5.74, 6) is 1.63. The quantitative estimate of drug-likeness (QED) is 0.346. The lowest BCUT2D eigenvalue weighted by atomic mass is 10.0. The average Bonchev–Trinajstić information content (AvgIpc) is 2.53. The van der Waals surface area contributed by atoms with E-state index in [0.717, 1.165) is 45.4 Å². The van der Waals surface area contributed by atoms with Gasteiger partial charge in [0.05, 0.1) is 13.2 Å². The van der Waals surface area contributed by atoms with Gasteiger partial charge in [0.2, 0.25) is 0 Å². The Bertz CT molecular complexity index is 324. The molecule has 1 heterocycles. The minimum absolute atomic E-state index is 0. The van der Waals surface area contributed by atoms with Crippen LogP contribution in [-0.4, -0.2) is 62.3 Å². The van der Waals surface area contributed by atoms with Crippen LogP contribution in [0.4, 0.5) is 0 Å². The summed E-state index contributed by atoms with van der Waals surface area (Å²) in [4.78, 5) is 7.26. The molecule has 0 aromatic carbocycles. The molecule has 23 heavy (non-hydrogen) atoms. The van der Waals surface area contributed by atoms with Crippen molar-refractivity contribution in [2.75, 3.05) is 39.4 Å². The third-order valence-electron chi connectivity index (χ3n) is 4.56.